The number of carbonyl (C=O) groups is 4. The second-order valence-corrected chi connectivity index (χ2v) is 33.3. The summed E-state index contributed by atoms with van der Waals surface area (Å²) in [7, 11) is -9.92. The minimum Gasteiger partial charge on any atom is -0.462 e. The van der Waals surface area contributed by atoms with Crippen molar-refractivity contribution in [1.82, 2.24) is 0 Å². The molecule has 0 amide bonds. The van der Waals surface area contributed by atoms with Crippen LogP contribution in [0.15, 0.2) is 0 Å². The Balaban J connectivity index is 5.23. The third-order valence-electron chi connectivity index (χ3n) is 19.2. The first-order valence-corrected chi connectivity index (χ1v) is 44.9. The Bertz CT molecular complexity index is 1940. The van der Waals surface area contributed by atoms with Crippen molar-refractivity contribution < 1.29 is 80.2 Å². The molecule has 100 heavy (non-hydrogen) atoms. The van der Waals surface area contributed by atoms with Crippen LogP contribution in [0.25, 0.3) is 0 Å². The van der Waals surface area contributed by atoms with Gasteiger partial charge < -0.3 is 33.8 Å². The molecular weight excluding hydrogens is 1310 g/mol. The van der Waals surface area contributed by atoms with Gasteiger partial charge in [-0.25, -0.2) is 9.13 Å². The van der Waals surface area contributed by atoms with Crippen molar-refractivity contribution in [3.05, 3.63) is 0 Å². The lowest BCUT2D eigenvalue weighted by atomic mass is 10.00. The fourth-order valence-electron chi connectivity index (χ4n) is 12.5. The molecule has 0 aliphatic rings. The van der Waals surface area contributed by atoms with E-state index < -0.39 is 97.5 Å². The fourth-order valence-corrected chi connectivity index (χ4v) is 14.0. The fraction of sp³-hybridized carbons (Fsp3) is 0.951. The SMILES string of the molecule is CCCCCCCCCCCCCCCCCCCCCCC(=O)O[C@H](COC(=O)CCCCCCCCCCCCCCCCC(C)C)COP(=O)(O)OC[C@@H](O)COP(=O)(O)OC[C@@H](COC(=O)CCCCCCCCC(C)CC)OC(=O)CCCCCCCCCCCCC(C)C. The number of phosphoric ester groups is 2. The van der Waals surface area contributed by atoms with Crippen molar-refractivity contribution in [3.8, 4) is 0 Å². The Morgan fingerprint density at radius 2 is 0.510 bits per heavy atom. The molecule has 0 aromatic carbocycles. The number of rotatable bonds is 79. The maximum atomic E-state index is 13.1. The molecule has 6 atom stereocenters. The van der Waals surface area contributed by atoms with Gasteiger partial charge in [0.05, 0.1) is 26.4 Å². The largest absolute Gasteiger partial charge is 0.472 e. The molecule has 0 aromatic rings. The zero-order valence-corrected chi connectivity index (χ0v) is 67.5. The zero-order chi connectivity index (χ0) is 73.7. The molecule has 0 spiro atoms. The minimum atomic E-state index is -4.96. The topological polar surface area (TPSA) is 237 Å². The number of ether oxygens (including phenoxy) is 4. The zero-order valence-electron chi connectivity index (χ0n) is 65.7. The average Bonchev–Trinajstić information content (AvgIpc) is 0.956. The molecular formula is C81H158O17P2. The molecule has 0 fully saturated rings. The molecule has 594 valence electrons. The first-order valence-electron chi connectivity index (χ1n) is 41.9. The van der Waals surface area contributed by atoms with E-state index in [1.165, 1.54) is 225 Å². The normalized spacial score (nSPS) is 14.2. The van der Waals surface area contributed by atoms with Gasteiger partial charge in [-0.15, -0.1) is 0 Å². The molecule has 0 radical (unpaired) electrons. The predicted molar refractivity (Wildman–Crippen MR) is 409 cm³/mol. The average molecular weight is 1470 g/mol. The second kappa shape index (κ2) is 71.3. The number of esters is 4. The van der Waals surface area contributed by atoms with E-state index in [9.17, 15) is 43.2 Å². The van der Waals surface area contributed by atoms with Crippen LogP contribution < -0.4 is 0 Å². The van der Waals surface area contributed by atoms with Gasteiger partial charge in [0.2, 0.25) is 0 Å². The van der Waals surface area contributed by atoms with Gasteiger partial charge >= 0.3 is 39.5 Å². The summed E-state index contributed by atoms with van der Waals surface area (Å²) in [5.74, 6) is 0.169. The number of carbonyl (C=O) groups excluding carboxylic acids is 4. The van der Waals surface area contributed by atoms with E-state index in [1.54, 1.807) is 0 Å². The van der Waals surface area contributed by atoms with Crippen LogP contribution in [0, 0.1) is 17.8 Å². The number of phosphoric acid groups is 2. The highest BCUT2D eigenvalue weighted by Gasteiger charge is 2.30. The number of hydrogen-bond acceptors (Lipinski definition) is 15. The van der Waals surface area contributed by atoms with E-state index in [-0.39, 0.29) is 25.7 Å². The van der Waals surface area contributed by atoms with Crippen molar-refractivity contribution in [2.24, 2.45) is 17.8 Å². The molecule has 3 N–H and O–H groups in total. The molecule has 3 unspecified atom stereocenters. The Morgan fingerprint density at radius 1 is 0.290 bits per heavy atom. The van der Waals surface area contributed by atoms with Crippen LogP contribution in [0.5, 0.6) is 0 Å². The Labute approximate surface area is 613 Å². The number of aliphatic hydroxyl groups excluding tert-OH is 1. The quantitative estimate of drug-likeness (QED) is 0.0222. The summed E-state index contributed by atoms with van der Waals surface area (Å²) in [6.07, 6.45) is 59.8. The molecule has 0 saturated carbocycles. The van der Waals surface area contributed by atoms with E-state index >= 15 is 0 Å². The van der Waals surface area contributed by atoms with Crippen molar-refractivity contribution in [3.63, 3.8) is 0 Å². The lowest BCUT2D eigenvalue weighted by Crippen LogP contribution is -2.30. The third kappa shape index (κ3) is 73.0. The maximum absolute atomic E-state index is 13.1. The summed E-state index contributed by atoms with van der Waals surface area (Å²) in [6, 6.07) is 0. The highest BCUT2D eigenvalue weighted by atomic mass is 31.2. The molecule has 0 aliphatic carbocycles. The first-order chi connectivity index (χ1) is 48.3. The minimum absolute atomic E-state index is 0.105. The monoisotopic (exact) mass is 1470 g/mol. The summed E-state index contributed by atoms with van der Waals surface area (Å²) in [5, 5.41) is 10.6. The summed E-state index contributed by atoms with van der Waals surface area (Å²) in [4.78, 5) is 73.0. The van der Waals surface area contributed by atoms with Crippen molar-refractivity contribution in [1.29, 1.82) is 0 Å². The number of aliphatic hydroxyl groups is 1. The molecule has 0 bridgehead atoms. The van der Waals surface area contributed by atoms with Crippen LogP contribution in [0.4, 0.5) is 0 Å². The molecule has 19 heteroatoms. The molecule has 0 heterocycles. The Morgan fingerprint density at radius 3 is 0.760 bits per heavy atom. The van der Waals surface area contributed by atoms with Crippen LogP contribution in [-0.2, 0) is 65.4 Å². The molecule has 17 nitrogen and oxygen atoms in total. The third-order valence-corrected chi connectivity index (χ3v) is 21.1. The Hall–Kier alpha value is -1.94. The highest BCUT2D eigenvalue weighted by molar-refractivity contribution is 7.47. The van der Waals surface area contributed by atoms with Crippen molar-refractivity contribution in [2.45, 2.75) is 439 Å². The summed E-state index contributed by atoms with van der Waals surface area (Å²) in [6.45, 7) is 11.9. The van der Waals surface area contributed by atoms with Gasteiger partial charge in [0.25, 0.3) is 0 Å². The van der Waals surface area contributed by atoms with Crippen LogP contribution in [0.1, 0.15) is 421 Å². The van der Waals surface area contributed by atoms with E-state index in [2.05, 4.69) is 48.5 Å². The van der Waals surface area contributed by atoms with Crippen LogP contribution in [0.2, 0.25) is 0 Å². The predicted octanol–water partition coefficient (Wildman–Crippen LogP) is 24.1. The van der Waals surface area contributed by atoms with Crippen molar-refractivity contribution in [2.75, 3.05) is 39.6 Å². The van der Waals surface area contributed by atoms with Gasteiger partial charge in [0.15, 0.2) is 12.2 Å². The number of unbranched alkanes of at least 4 members (excludes halogenated alkanes) is 46. The highest BCUT2D eigenvalue weighted by Crippen LogP contribution is 2.45. The van der Waals surface area contributed by atoms with Crippen LogP contribution in [0.3, 0.4) is 0 Å². The van der Waals surface area contributed by atoms with E-state index in [4.69, 9.17) is 37.0 Å². The van der Waals surface area contributed by atoms with E-state index in [0.29, 0.717) is 25.7 Å². The summed E-state index contributed by atoms with van der Waals surface area (Å²) < 4.78 is 68.7. The van der Waals surface area contributed by atoms with E-state index in [0.717, 1.165) is 114 Å². The standard InChI is InChI=1S/C81H158O17P2/c1-8-10-11-12-13-14-15-16-17-18-19-20-21-22-27-30-36-41-50-57-64-80(85)97-76(68-91-78(83)62-55-48-40-35-29-26-24-23-25-28-33-38-45-52-59-72(3)4)70-95-99(87,88)93-66-75(82)67-94-100(89,90)96-71-77(69-92-79(84)63-56-49-44-43-47-54-61-74(7)9-2)98-81(86)65-58-51-42-37-32-31-34-39-46-53-60-73(5)6/h72-77,82H,8-71H2,1-7H3,(H,87,88)(H,89,90)/t74?,75-,76-,77-/m1/s1. The second-order valence-electron chi connectivity index (χ2n) is 30.4. The molecule has 0 saturated heterocycles. The van der Waals surface area contributed by atoms with E-state index in [1.807, 2.05) is 0 Å². The summed E-state index contributed by atoms with van der Waals surface area (Å²) >= 11 is 0. The lowest BCUT2D eigenvalue weighted by molar-refractivity contribution is -0.161. The maximum Gasteiger partial charge on any atom is 0.472 e. The van der Waals surface area contributed by atoms with Gasteiger partial charge in [0.1, 0.15) is 19.3 Å². The molecule has 0 rings (SSSR count). The van der Waals surface area contributed by atoms with Crippen LogP contribution >= 0.6 is 15.6 Å². The smallest absolute Gasteiger partial charge is 0.462 e. The van der Waals surface area contributed by atoms with Gasteiger partial charge in [-0.1, -0.05) is 370 Å². The van der Waals surface area contributed by atoms with Crippen molar-refractivity contribution >= 4 is 39.5 Å². The van der Waals surface area contributed by atoms with Gasteiger partial charge in [-0.2, -0.15) is 0 Å². The van der Waals surface area contributed by atoms with Crippen LogP contribution in [-0.4, -0.2) is 96.7 Å². The van der Waals surface area contributed by atoms with Gasteiger partial charge in [-0.3, -0.25) is 37.3 Å². The summed E-state index contributed by atoms with van der Waals surface area (Å²) in [5.41, 5.74) is 0. The van der Waals surface area contributed by atoms with Gasteiger partial charge in [0, 0.05) is 25.7 Å². The van der Waals surface area contributed by atoms with Gasteiger partial charge in [-0.05, 0) is 43.4 Å². The molecule has 0 aliphatic heterocycles. The lowest BCUT2D eigenvalue weighted by Gasteiger charge is -2.21. The number of hydrogen-bond donors (Lipinski definition) is 3. The Kier molecular flexibility index (Phi) is 69.9. The molecule has 0 aromatic heterocycles. The first kappa shape index (κ1) is 98.1.